The van der Waals surface area contributed by atoms with E-state index in [4.69, 9.17) is 21.1 Å². The first kappa shape index (κ1) is 24.1. The summed E-state index contributed by atoms with van der Waals surface area (Å²) in [6.07, 6.45) is 0. The highest BCUT2D eigenvalue weighted by Crippen LogP contribution is 2.25. The zero-order valence-electron chi connectivity index (χ0n) is 18.1. The van der Waals surface area contributed by atoms with Gasteiger partial charge in [0.1, 0.15) is 0 Å². The maximum atomic E-state index is 12.9. The Morgan fingerprint density at radius 3 is 2.24 bits per heavy atom. The maximum Gasteiger partial charge on any atom is 0.340 e. The number of rotatable bonds is 7. The van der Waals surface area contributed by atoms with Gasteiger partial charge in [-0.3, -0.25) is 4.79 Å². The van der Waals surface area contributed by atoms with E-state index in [1.165, 1.54) is 22.5 Å². The van der Waals surface area contributed by atoms with Gasteiger partial charge in [0.25, 0.3) is 0 Å². The van der Waals surface area contributed by atoms with Gasteiger partial charge in [-0.05, 0) is 29.3 Å². The van der Waals surface area contributed by atoms with Crippen molar-refractivity contribution in [3.05, 3.63) is 88.9 Å². The number of ketones is 1. The quantitative estimate of drug-likeness (QED) is 0.359. The Morgan fingerprint density at radius 2 is 1.56 bits per heavy atom. The molecule has 7 nitrogen and oxygen atoms in total. The Morgan fingerprint density at radius 1 is 0.912 bits per heavy atom. The SMILES string of the molecule is O=C(COC(=O)c1cc(S(=O)(=O)N2CCOCC2)ccc1Cl)c1ccc(-c2ccccc2)cc1. The van der Waals surface area contributed by atoms with Crippen LogP contribution in [0.2, 0.25) is 5.02 Å². The molecule has 1 saturated heterocycles. The van der Waals surface area contributed by atoms with Crippen LogP contribution < -0.4 is 0 Å². The van der Waals surface area contributed by atoms with Crippen molar-refractivity contribution in [2.24, 2.45) is 0 Å². The molecule has 1 aliphatic rings. The van der Waals surface area contributed by atoms with Gasteiger partial charge in [-0.25, -0.2) is 13.2 Å². The third kappa shape index (κ3) is 5.37. The minimum Gasteiger partial charge on any atom is -0.454 e. The van der Waals surface area contributed by atoms with Gasteiger partial charge < -0.3 is 9.47 Å². The number of sulfonamides is 1. The molecule has 176 valence electrons. The summed E-state index contributed by atoms with van der Waals surface area (Å²) in [4.78, 5) is 25.1. The van der Waals surface area contributed by atoms with Crippen LogP contribution >= 0.6 is 11.6 Å². The summed E-state index contributed by atoms with van der Waals surface area (Å²) in [7, 11) is -3.82. The van der Waals surface area contributed by atoms with Crippen molar-refractivity contribution in [1.29, 1.82) is 0 Å². The second-order valence-corrected chi connectivity index (χ2v) is 9.95. The van der Waals surface area contributed by atoms with Crippen LogP contribution in [0.4, 0.5) is 0 Å². The van der Waals surface area contributed by atoms with Crippen molar-refractivity contribution >= 4 is 33.4 Å². The van der Waals surface area contributed by atoms with Crippen LogP contribution in [-0.2, 0) is 19.5 Å². The molecule has 0 aromatic heterocycles. The third-order valence-electron chi connectivity index (χ3n) is 5.41. The largest absolute Gasteiger partial charge is 0.454 e. The van der Waals surface area contributed by atoms with E-state index in [-0.39, 0.29) is 34.4 Å². The van der Waals surface area contributed by atoms with Gasteiger partial charge in [0.2, 0.25) is 10.0 Å². The summed E-state index contributed by atoms with van der Waals surface area (Å²) in [5, 5.41) is 0.0330. The molecule has 1 fully saturated rings. The lowest BCUT2D eigenvalue weighted by atomic mass is 10.0. The van der Waals surface area contributed by atoms with Gasteiger partial charge in [-0.2, -0.15) is 4.31 Å². The molecule has 1 heterocycles. The van der Waals surface area contributed by atoms with E-state index in [0.29, 0.717) is 18.8 Å². The van der Waals surface area contributed by atoms with E-state index < -0.39 is 22.6 Å². The van der Waals surface area contributed by atoms with Crippen LogP contribution in [0.1, 0.15) is 20.7 Å². The normalized spacial score (nSPS) is 14.5. The minimum atomic E-state index is -3.82. The summed E-state index contributed by atoms with van der Waals surface area (Å²) in [6, 6.07) is 20.5. The predicted molar refractivity (Wildman–Crippen MR) is 128 cm³/mol. The van der Waals surface area contributed by atoms with E-state index in [1.54, 1.807) is 12.1 Å². The zero-order chi connectivity index (χ0) is 24.1. The first-order valence-corrected chi connectivity index (χ1v) is 12.4. The molecule has 3 aromatic carbocycles. The lowest BCUT2D eigenvalue weighted by Gasteiger charge is -2.26. The van der Waals surface area contributed by atoms with Gasteiger partial charge in [-0.15, -0.1) is 0 Å². The summed E-state index contributed by atoms with van der Waals surface area (Å²) in [6.45, 7) is 0.553. The topological polar surface area (TPSA) is 90.0 Å². The number of Topliss-reactive ketones (excluding diaryl/α,β-unsaturated/α-hetero) is 1. The van der Waals surface area contributed by atoms with E-state index in [2.05, 4.69) is 0 Å². The molecule has 9 heteroatoms. The molecule has 1 aliphatic heterocycles. The molecule has 0 spiro atoms. The fourth-order valence-electron chi connectivity index (χ4n) is 3.53. The van der Waals surface area contributed by atoms with Gasteiger partial charge in [0.15, 0.2) is 12.4 Å². The van der Waals surface area contributed by atoms with E-state index in [9.17, 15) is 18.0 Å². The summed E-state index contributed by atoms with van der Waals surface area (Å²) < 4.78 is 37.4. The molecule has 0 radical (unpaired) electrons. The highest BCUT2D eigenvalue weighted by molar-refractivity contribution is 7.89. The molecule has 0 bridgehead atoms. The monoisotopic (exact) mass is 499 g/mol. The highest BCUT2D eigenvalue weighted by atomic mass is 35.5. The maximum absolute atomic E-state index is 12.9. The van der Waals surface area contributed by atoms with Crippen molar-refractivity contribution in [3.63, 3.8) is 0 Å². The number of hydrogen-bond acceptors (Lipinski definition) is 6. The van der Waals surface area contributed by atoms with Crippen molar-refractivity contribution in [1.82, 2.24) is 4.31 Å². The first-order valence-electron chi connectivity index (χ1n) is 10.6. The average molecular weight is 500 g/mol. The predicted octanol–water partition coefficient (Wildman–Crippen LogP) is 4.07. The van der Waals surface area contributed by atoms with Crippen LogP contribution in [0.3, 0.4) is 0 Å². The second-order valence-electron chi connectivity index (χ2n) is 7.60. The zero-order valence-corrected chi connectivity index (χ0v) is 19.7. The Hall–Kier alpha value is -3.04. The molecule has 0 unspecified atom stereocenters. The summed E-state index contributed by atoms with van der Waals surface area (Å²) in [5.41, 5.74) is 2.25. The molecule has 3 aromatic rings. The van der Waals surface area contributed by atoms with Crippen LogP contribution in [0, 0.1) is 0 Å². The third-order valence-corrected chi connectivity index (χ3v) is 7.64. The number of benzene rings is 3. The van der Waals surface area contributed by atoms with Crippen LogP contribution in [0.5, 0.6) is 0 Å². The fraction of sp³-hybridized carbons (Fsp3) is 0.200. The number of morpholine rings is 1. The van der Waals surface area contributed by atoms with Crippen LogP contribution in [0.15, 0.2) is 77.7 Å². The molecule has 0 saturated carbocycles. The van der Waals surface area contributed by atoms with Gasteiger partial charge in [-0.1, -0.05) is 66.2 Å². The van der Waals surface area contributed by atoms with Crippen molar-refractivity contribution in [2.75, 3.05) is 32.9 Å². The van der Waals surface area contributed by atoms with E-state index >= 15 is 0 Å². The molecule has 34 heavy (non-hydrogen) atoms. The second kappa shape index (κ2) is 10.5. The lowest BCUT2D eigenvalue weighted by Crippen LogP contribution is -2.40. The molecule has 4 rings (SSSR count). The standard InChI is InChI=1S/C25H22ClNO6S/c26-23-11-10-21(34(30,31)27-12-14-32-15-13-27)16-22(23)25(29)33-17-24(28)20-8-6-19(7-9-20)18-4-2-1-3-5-18/h1-11,16H,12-15,17H2. The number of nitrogens with zero attached hydrogens (tertiary/aromatic N) is 1. The first-order chi connectivity index (χ1) is 16.4. The van der Waals surface area contributed by atoms with Crippen molar-refractivity contribution < 1.29 is 27.5 Å². The number of carbonyl (C=O) groups excluding carboxylic acids is 2. The van der Waals surface area contributed by atoms with Crippen molar-refractivity contribution in [2.45, 2.75) is 4.90 Å². The Bertz CT molecular complexity index is 1290. The van der Waals surface area contributed by atoms with E-state index in [0.717, 1.165) is 11.1 Å². The Labute approximate surface area is 202 Å². The Kier molecular flexibility index (Phi) is 7.43. The minimum absolute atomic E-state index is 0.0330. The summed E-state index contributed by atoms with van der Waals surface area (Å²) >= 11 is 6.12. The molecule has 0 amide bonds. The molecule has 0 aliphatic carbocycles. The lowest BCUT2D eigenvalue weighted by molar-refractivity contribution is 0.0474. The molecular weight excluding hydrogens is 478 g/mol. The van der Waals surface area contributed by atoms with Gasteiger partial charge in [0, 0.05) is 18.7 Å². The van der Waals surface area contributed by atoms with Crippen LogP contribution in [-0.4, -0.2) is 57.4 Å². The van der Waals surface area contributed by atoms with E-state index in [1.807, 2.05) is 42.5 Å². The number of esters is 1. The number of hydrogen-bond donors (Lipinski definition) is 0. The van der Waals surface area contributed by atoms with Gasteiger partial charge >= 0.3 is 5.97 Å². The van der Waals surface area contributed by atoms with Crippen molar-refractivity contribution in [3.8, 4) is 11.1 Å². The molecule has 0 atom stereocenters. The smallest absolute Gasteiger partial charge is 0.340 e. The number of halogens is 1. The number of ether oxygens (including phenoxy) is 2. The highest BCUT2D eigenvalue weighted by Gasteiger charge is 2.28. The molecule has 0 N–H and O–H groups in total. The molecular formula is C25H22ClNO6S. The number of carbonyl (C=O) groups is 2. The average Bonchev–Trinajstić information content (AvgIpc) is 2.88. The summed E-state index contributed by atoms with van der Waals surface area (Å²) in [5.74, 6) is -1.26. The van der Waals surface area contributed by atoms with Crippen LogP contribution in [0.25, 0.3) is 11.1 Å². The van der Waals surface area contributed by atoms with Gasteiger partial charge in [0.05, 0.1) is 28.7 Å². The fourth-order valence-corrected chi connectivity index (χ4v) is 5.16. The Balaban J connectivity index is 1.43.